The Labute approximate surface area is 67.2 Å². The Hall–Kier alpha value is -1.48. The van der Waals surface area contributed by atoms with Crippen LogP contribution in [0.5, 0.6) is 0 Å². The van der Waals surface area contributed by atoms with Gasteiger partial charge in [-0.05, 0) is 0 Å². The molecule has 0 aliphatic carbocycles. The van der Waals surface area contributed by atoms with E-state index < -0.39 is 0 Å². The molecule has 0 bridgehead atoms. The summed E-state index contributed by atoms with van der Waals surface area (Å²) in [5.41, 5.74) is 5.52. The largest absolute Gasteiger partial charge is 0.383 e. The molecule has 0 radical (unpaired) electrons. The van der Waals surface area contributed by atoms with Crippen LogP contribution in [0.3, 0.4) is 0 Å². The summed E-state index contributed by atoms with van der Waals surface area (Å²) in [4.78, 5) is 0.982. The van der Waals surface area contributed by atoms with E-state index in [9.17, 15) is 0 Å². The number of rotatable bonds is 0. The number of hydrogen-bond acceptors (Lipinski definition) is 5. The Morgan fingerprint density at radius 3 is 2.64 bits per heavy atom. The highest BCUT2D eigenvalue weighted by atomic mass is 32.1. The first-order valence-electron chi connectivity index (χ1n) is 2.80. The standard InChI is InChI=1S/C5H7N5S/c1-10-4(7)3(2-6)11-5(10)9-8/h7-8H2,1H3. The summed E-state index contributed by atoms with van der Waals surface area (Å²) in [6.07, 6.45) is 0. The number of nitrogens with zero attached hydrogens (tertiary/aromatic N) is 3. The van der Waals surface area contributed by atoms with E-state index in [0.29, 0.717) is 15.5 Å². The van der Waals surface area contributed by atoms with Crippen molar-refractivity contribution < 1.29 is 0 Å². The lowest BCUT2D eigenvalue weighted by molar-refractivity contribution is 0.865. The molecule has 0 amide bonds. The molecule has 1 aromatic rings. The average Bonchev–Trinajstić information content (AvgIpc) is 2.30. The van der Waals surface area contributed by atoms with Gasteiger partial charge in [0, 0.05) is 7.05 Å². The van der Waals surface area contributed by atoms with Crippen molar-refractivity contribution in [1.29, 1.82) is 5.26 Å². The molecule has 11 heavy (non-hydrogen) atoms. The van der Waals surface area contributed by atoms with Crippen molar-refractivity contribution in [3.05, 3.63) is 9.68 Å². The van der Waals surface area contributed by atoms with E-state index in [-0.39, 0.29) is 0 Å². The molecule has 0 saturated heterocycles. The molecule has 1 rings (SSSR count). The van der Waals surface area contributed by atoms with Crippen LogP contribution in [-0.2, 0) is 7.05 Å². The Kier molecular flexibility index (Phi) is 1.83. The second-order valence-electron chi connectivity index (χ2n) is 1.90. The number of anilines is 1. The summed E-state index contributed by atoms with van der Waals surface area (Å²) < 4.78 is 1.57. The maximum absolute atomic E-state index is 8.54. The van der Waals surface area contributed by atoms with Crippen molar-refractivity contribution in [2.45, 2.75) is 0 Å². The van der Waals surface area contributed by atoms with E-state index in [1.807, 2.05) is 6.07 Å². The molecular formula is C5H7N5S. The fraction of sp³-hybridized carbons (Fsp3) is 0.200. The van der Waals surface area contributed by atoms with E-state index in [4.69, 9.17) is 16.8 Å². The topological polar surface area (TPSA) is 93.1 Å². The number of nitrogen functional groups attached to an aromatic ring is 1. The van der Waals surface area contributed by atoms with Gasteiger partial charge in [-0.2, -0.15) is 10.4 Å². The van der Waals surface area contributed by atoms with Crippen molar-refractivity contribution in [2.75, 3.05) is 5.73 Å². The molecule has 58 valence electrons. The Bertz CT molecular complexity index is 365. The van der Waals surface area contributed by atoms with Gasteiger partial charge in [0.2, 0.25) is 4.80 Å². The lowest BCUT2D eigenvalue weighted by Crippen LogP contribution is -2.14. The number of thiazole rings is 1. The van der Waals surface area contributed by atoms with Gasteiger partial charge in [-0.25, -0.2) is 0 Å². The molecule has 1 aromatic heterocycles. The molecule has 5 nitrogen and oxygen atoms in total. The predicted octanol–water partition coefficient (Wildman–Crippen LogP) is -0.685. The van der Waals surface area contributed by atoms with Gasteiger partial charge >= 0.3 is 0 Å². The first-order valence-corrected chi connectivity index (χ1v) is 3.61. The fourth-order valence-electron chi connectivity index (χ4n) is 0.660. The van der Waals surface area contributed by atoms with Gasteiger partial charge in [0.05, 0.1) is 0 Å². The van der Waals surface area contributed by atoms with Crippen molar-refractivity contribution in [3.63, 3.8) is 0 Å². The van der Waals surface area contributed by atoms with Crippen LogP contribution in [0.15, 0.2) is 5.10 Å². The third-order valence-corrected chi connectivity index (χ3v) is 2.35. The zero-order chi connectivity index (χ0) is 8.43. The molecule has 0 spiro atoms. The number of nitrogens with two attached hydrogens (primary N) is 2. The summed E-state index contributed by atoms with van der Waals surface area (Å²) in [6.45, 7) is 0. The van der Waals surface area contributed by atoms with Gasteiger partial charge in [0.1, 0.15) is 16.8 Å². The van der Waals surface area contributed by atoms with Crippen LogP contribution in [0.4, 0.5) is 5.82 Å². The van der Waals surface area contributed by atoms with Gasteiger partial charge < -0.3 is 16.1 Å². The molecule has 1 heterocycles. The van der Waals surface area contributed by atoms with Crippen molar-refractivity contribution in [1.82, 2.24) is 4.57 Å². The summed E-state index contributed by atoms with van der Waals surface area (Å²) >= 11 is 1.17. The quantitative estimate of drug-likeness (QED) is 0.398. The van der Waals surface area contributed by atoms with E-state index in [1.165, 1.54) is 11.3 Å². The van der Waals surface area contributed by atoms with Crippen LogP contribution in [-0.4, -0.2) is 4.57 Å². The molecule has 4 N–H and O–H groups in total. The maximum Gasteiger partial charge on any atom is 0.210 e. The molecule has 0 aromatic carbocycles. The van der Waals surface area contributed by atoms with Crippen molar-refractivity contribution in [2.24, 2.45) is 18.0 Å². The van der Waals surface area contributed by atoms with Crippen LogP contribution in [0, 0.1) is 11.3 Å². The number of hydrogen-bond donors (Lipinski definition) is 2. The summed E-state index contributed by atoms with van der Waals surface area (Å²) in [5, 5.41) is 12.0. The minimum absolute atomic E-state index is 0.404. The van der Waals surface area contributed by atoms with E-state index in [1.54, 1.807) is 11.6 Å². The van der Waals surface area contributed by atoms with Gasteiger partial charge in [-0.15, -0.1) is 0 Å². The Morgan fingerprint density at radius 2 is 2.36 bits per heavy atom. The van der Waals surface area contributed by atoms with Crippen LogP contribution in [0.2, 0.25) is 0 Å². The van der Waals surface area contributed by atoms with Gasteiger partial charge in [0.25, 0.3) is 0 Å². The van der Waals surface area contributed by atoms with Crippen LogP contribution >= 0.6 is 11.3 Å². The molecule has 6 heteroatoms. The van der Waals surface area contributed by atoms with E-state index in [2.05, 4.69) is 5.10 Å². The zero-order valence-electron chi connectivity index (χ0n) is 5.90. The third kappa shape index (κ3) is 1.06. The van der Waals surface area contributed by atoms with Gasteiger partial charge in [-0.3, -0.25) is 0 Å². The van der Waals surface area contributed by atoms with Crippen molar-refractivity contribution >= 4 is 17.2 Å². The van der Waals surface area contributed by atoms with Crippen LogP contribution < -0.4 is 16.4 Å². The number of nitriles is 1. The second-order valence-corrected chi connectivity index (χ2v) is 2.88. The first-order chi connectivity index (χ1) is 5.20. The number of aromatic nitrogens is 1. The van der Waals surface area contributed by atoms with E-state index in [0.717, 1.165) is 0 Å². The third-order valence-electron chi connectivity index (χ3n) is 1.29. The maximum atomic E-state index is 8.54. The van der Waals surface area contributed by atoms with E-state index >= 15 is 0 Å². The molecular weight excluding hydrogens is 162 g/mol. The van der Waals surface area contributed by atoms with Crippen LogP contribution in [0.25, 0.3) is 0 Å². The van der Waals surface area contributed by atoms with Gasteiger partial charge in [0.15, 0.2) is 0 Å². The highest BCUT2D eigenvalue weighted by molar-refractivity contribution is 7.10. The molecule has 0 unspecified atom stereocenters. The van der Waals surface area contributed by atoms with Crippen LogP contribution in [0.1, 0.15) is 4.88 Å². The lowest BCUT2D eigenvalue weighted by atomic mass is 10.5. The zero-order valence-corrected chi connectivity index (χ0v) is 6.72. The highest BCUT2D eigenvalue weighted by Gasteiger charge is 2.05. The molecule has 0 fully saturated rings. The minimum atomic E-state index is 0.404. The molecule has 0 aliphatic rings. The fourth-order valence-corrected chi connectivity index (χ4v) is 1.42. The second kappa shape index (κ2) is 2.64. The lowest BCUT2D eigenvalue weighted by Gasteiger charge is -1.91. The normalized spacial score (nSPS) is 11.5. The smallest absolute Gasteiger partial charge is 0.210 e. The summed E-state index contributed by atoms with van der Waals surface area (Å²) in [6, 6.07) is 1.95. The molecule has 0 aliphatic heterocycles. The SMILES string of the molecule is Cn1c(N)c(C#N)sc1=NN. The summed E-state index contributed by atoms with van der Waals surface area (Å²) in [7, 11) is 1.71. The highest BCUT2D eigenvalue weighted by Crippen LogP contribution is 2.10. The average molecular weight is 169 g/mol. The Balaban J connectivity index is 3.51. The minimum Gasteiger partial charge on any atom is -0.383 e. The monoisotopic (exact) mass is 169 g/mol. The first kappa shape index (κ1) is 7.63. The van der Waals surface area contributed by atoms with Crippen molar-refractivity contribution in [3.8, 4) is 6.07 Å². The van der Waals surface area contributed by atoms with Gasteiger partial charge in [-0.1, -0.05) is 11.3 Å². The summed E-state index contributed by atoms with van der Waals surface area (Å²) in [5.74, 6) is 5.44. The predicted molar refractivity (Wildman–Crippen MR) is 42.2 cm³/mol. The molecule has 0 saturated carbocycles. The molecule has 0 atom stereocenters. The Morgan fingerprint density at radius 1 is 1.73 bits per heavy atom.